The summed E-state index contributed by atoms with van der Waals surface area (Å²) in [5.41, 5.74) is 2.68. The minimum Gasteiger partial charge on any atom is -0.381 e. The maximum Gasteiger partial charge on any atom is 0.269 e. The molecule has 120 valence electrons. The van der Waals surface area contributed by atoms with Crippen molar-refractivity contribution in [2.24, 2.45) is 0 Å². The van der Waals surface area contributed by atoms with E-state index in [2.05, 4.69) is 16.5 Å². The molecule has 0 fully saturated rings. The summed E-state index contributed by atoms with van der Waals surface area (Å²) in [5.74, 6) is -0.0437. The molecule has 1 aromatic rings. The smallest absolute Gasteiger partial charge is 0.269 e. The summed E-state index contributed by atoms with van der Waals surface area (Å²) in [6, 6.07) is 2.16. The molecule has 0 aliphatic carbocycles. The zero-order valence-corrected chi connectivity index (χ0v) is 13.2. The molecule has 1 amide bonds. The Morgan fingerprint density at radius 2 is 2.23 bits per heavy atom. The third kappa shape index (κ3) is 4.08. The lowest BCUT2D eigenvalue weighted by Gasteiger charge is -2.08. The SMILES string of the molecule is CCn1nc(CCCC#N)c2c1C(=O)NCCCOCCC2. The molecule has 0 saturated carbocycles. The van der Waals surface area contributed by atoms with Gasteiger partial charge >= 0.3 is 0 Å². The van der Waals surface area contributed by atoms with Gasteiger partial charge in [0.15, 0.2) is 0 Å². The number of hydrogen-bond donors (Lipinski definition) is 1. The van der Waals surface area contributed by atoms with Crippen LogP contribution in [0.4, 0.5) is 0 Å². The maximum absolute atomic E-state index is 12.5. The second-order valence-corrected chi connectivity index (χ2v) is 5.43. The van der Waals surface area contributed by atoms with Gasteiger partial charge in [-0.2, -0.15) is 10.4 Å². The van der Waals surface area contributed by atoms with Crippen molar-refractivity contribution < 1.29 is 9.53 Å². The quantitative estimate of drug-likeness (QED) is 0.861. The summed E-state index contributed by atoms with van der Waals surface area (Å²) in [6.07, 6.45) is 4.56. The first kappa shape index (κ1) is 16.5. The molecule has 22 heavy (non-hydrogen) atoms. The van der Waals surface area contributed by atoms with Crippen LogP contribution in [0.1, 0.15) is 54.4 Å². The lowest BCUT2D eigenvalue weighted by molar-refractivity contribution is 0.0934. The van der Waals surface area contributed by atoms with E-state index >= 15 is 0 Å². The van der Waals surface area contributed by atoms with Gasteiger partial charge in [-0.3, -0.25) is 9.48 Å². The number of amides is 1. The first-order chi connectivity index (χ1) is 10.8. The van der Waals surface area contributed by atoms with Gasteiger partial charge in [-0.25, -0.2) is 0 Å². The Balaban J connectivity index is 2.29. The molecular formula is C16H24N4O2. The molecule has 0 saturated heterocycles. The molecule has 0 bridgehead atoms. The van der Waals surface area contributed by atoms with Crippen molar-refractivity contribution in [3.63, 3.8) is 0 Å². The number of fused-ring (bicyclic) bond motifs is 1. The Hall–Kier alpha value is -1.87. The topological polar surface area (TPSA) is 79.9 Å². The zero-order chi connectivity index (χ0) is 15.8. The van der Waals surface area contributed by atoms with Gasteiger partial charge < -0.3 is 10.1 Å². The van der Waals surface area contributed by atoms with E-state index in [9.17, 15) is 4.79 Å². The molecule has 1 aliphatic heterocycles. The highest BCUT2D eigenvalue weighted by molar-refractivity contribution is 5.94. The number of hydrogen-bond acceptors (Lipinski definition) is 4. The van der Waals surface area contributed by atoms with Crippen LogP contribution in [0, 0.1) is 11.3 Å². The fourth-order valence-corrected chi connectivity index (χ4v) is 2.74. The number of carbonyl (C=O) groups is 1. The Bertz CT molecular complexity index is 545. The standard InChI is InChI=1S/C16H24N4O2/c1-2-20-15-13(14(19-20)8-3-4-9-17)7-5-11-22-12-6-10-18-16(15)21/h2-8,10-12H2,1H3,(H,18,21). The second-order valence-electron chi connectivity index (χ2n) is 5.43. The van der Waals surface area contributed by atoms with E-state index in [1.807, 2.05) is 6.92 Å². The van der Waals surface area contributed by atoms with E-state index in [0.29, 0.717) is 38.4 Å². The molecule has 0 spiro atoms. The molecule has 0 atom stereocenters. The van der Waals surface area contributed by atoms with Crippen molar-refractivity contribution in [3.8, 4) is 6.07 Å². The number of ether oxygens (including phenoxy) is 1. The molecule has 2 rings (SSSR count). The minimum atomic E-state index is -0.0437. The number of unbranched alkanes of at least 4 members (excludes halogenated alkanes) is 1. The number of aryl methyl sites for hydroxylation is 2. The summed E-state index contributed by atoms with van der Waals surface area (Å²) in [7, 11) is 0. The lowest BCUT2D eigenvalue weighted by Crippen LogP contribution is -2.28. The fraction of sp³-hybridized carbons (Fsp3) is 0.688. The average Bonchev–Trinajstić information content (AvgIpc) is 2.85. The minimum absolute atomic E-state index is 0.0437. The van der Waals surface area contributed by atoms with Crippen LogP contribution in [-0.2, 0) is 24.1 Å². The maximum atomic E-state index is 12.5. The van der Waals surface area contributed by atoms with E-state index in [0.717, 1.165) is 43.4 Å². The Kier molecular flexibility index (Phi) is 6.41. The predicted molar refractivity (Wildman–Crippen MR) is 82.5 cm³/mol. The average molecular weight is 304 g/mol. The second kappa shape index (κ2) is 8.54. The molecule has 0 aromatic carbocycles. The van der Waals surface area contributed by atoms with Crippen LogP contribution in [0.2, 0.25) is 0 Å². The summed E-state index contributed by atoms with van der Waals surface area (Å²) < 4.78 is 7.36. The monoisotopic (exact) mass is 304 g/mol. The molecule has 2 heterocycles. The van der Waals surface area contributed by atoms with Gasteiger partial charge in [0, 0.05) is 38.3 Å². The molecule has 0 unspecified atom stereocenters. The van der Waals surface area contributed by atoms with Crippen LogP contribution in [0.15, 0.2) is 0 Å². The third-order valence-corrected chi connectivity index (χ3v) is 3.82. The van der Waals surface area contributed by atoms with Gasteiger partial charge in [-0.1, -0.05) is 0 Å². The number of rotatable bonds is 4. The number of carbonyl (C=O) groups excluding carboxylic acids is 1. The summed E-state index contributed by atoms with van der Waals surface area (Å²) in [4.78, 5) is 12.5. The predicted octanol–water partition coefficient (Wildman–Crippen LogP) is 1.83. The van der Waals surface area contributed by atoms with Crippen LogP contribution in [0.25, 0.3) is 0 Å². The highest BCUT2D eigenvalue weighted by Gasteiger charge is 2.22. The number of nitrogens with one attached hydrogen (secondary N) is 1. The van der Waals surface area contributed by atoms with Gasteiger partial charge in [0.25, 0.3) is 5.91 Å². The first-order valence-electron chi connectivity index (χ1n) is 8.09. The lowest BCUT2D eigenvalue weighted by atomic mass is 10.0. The fourth-order valence-electron chi connectivity index (χ4n) is 2.74. The largest absolute Gasteiger partial charge is 0.381 e. The number of nitrogens with zero attached hydrogens (tertiary/aromatic N) is 3. The van der Waals surface area contributed by atoms with Crippen molar-refractivity contribution in [1.29, 1.82) is 5.26 Å². The van der Waals surface area contributed by atoms with Crippen molar-refractivity contribution >= 4 is 5.91 Å². The molecule has 6 heteroatoms. The van der Waals surface area contributed by atoms with Gasteiger partial charge in [-0.05, 0) is 39.0 Å². The summed E-state index contributed by atoms with van der Waals surface area (Å²) >= 11 is 0. The van der Waals surface area contributed by atoms with Crippen molar-refractivity contribution in [1.82, 2.24) is 15.1 Å². The van der Waals surface area contributed by atoms with Crippen LogP contribution in [-0.4, -0.2) is 35.4 Å². The molecule has 1 N–H and O–H groups in total. The van der Waals surface area contributed by atoms with Crippen molar-refractivity contribution in [3.05, 3.63) is 17.0 Å². The van der Waals surface area contributed by atoms with Crippen LogP contribution >= 0.6 is 0 Å². The number of nitriles is 1. The third-order valence-electron chi connectivity index (χ3n) is 3.82. The highest BCUT2D eigenvalue weighted by Crippen LogP contribution is 2.20. The van der Waals surface area contributed by atoms with Crippen LogP contribution < -0.4 is 5.32 Å². The van der Waals surface area contributed by atoms with Crippen molar-refractivity contribution in [2.75, 3.05) is 19.8 Å². The van der Waals surface area contributed by atoms with E-state index < -0.39 is 0 Å². The molecular weight excluding hydrogens is 280 g/mol. The van der Waals surface area contributed by atoms with E-state index in [4.69, 9.17) is 10.00 Å². The number of aromatic nitrogens is 2. The summed E-state index contributed by atoms with van der Waals surface area (Å²) in [5, 5.41) is 16.3. The zero-order valence-electron chi connectivity index (χ0n) is 13.2. The Morgan fingerprint density at radius 3 is 3.00 bits per heavy atom. The van der Waals surface area contributed by atoms with Gasteiger partial charge in [0.2, 0.25) is 0 Å². The highest BCUT2D eigenvalue weighted by atomic mass is 16.5. The van der Waals surface area contributed by atoms with E-state index in [-0.39, 0.29) is 5.91 Å². The van der Waals surface area contributed by atoms with E-state index in [1.54, 1.807) is 4.68 Å². The van der Waals surface area contributed by atoms with Crippen LogP contribution in [0.5, 0.6) is 0 Å². The molecule has 1 aromatic heterocycles. The molecule has 6 nitrogen and oxygen atoms in total. The van der Waals surface area contributed by atoms with Crippen LogP contribution in [0.3, 0.4) is 0 Å². The van der Waals surface area contributed by atoms with Gasteiger partial charge in [-0.15, -0.1) is 0 Å². The van der Waals surface area contributed by atoms with E-state index in [1.165, 1.54) is 0 Å². The van der Waals surface area contributed by atoms with Crippen molar-refractivity contribution in [2.45, 2.75) is 52.0 Å². The Morgan fingerprint density at radius 1 is 1.41 bits per heavy atom. The first-order valence-corrected chi connectivity index (χ1v) is 8.09. The Labute approximate surface area is 131 Å². The van der Waals surface area contributed by atoms with Gasteiger partial charge in [0.05, 0.1) is 11.8 Å². The molecule has 1 aliphatic rings. The van der Waals surface area contributed by atoms with Gasteiger partial charge in [0.1, 0.15) is 5.69 Å². The molecule has 0 radical (unpaired) electrons. The normalized spacial score (nSPS) is 16.3. The summed E-state index contributed by atoms with van der Waals surface area (Å²) in [6.45, 7) is 4.68.